The topological polar surface area (TPSA) is 84.9 Å². The Labute approximate surface area is 128 Å². The predicted octanol–water partition coefficient (Wildman–Crippen LogP) is 2.24. The minimum Gasteiger partial charge on any atom is -0.490 e. The molecule has 116 valence electrons. The van der Waals surface area contributed by atoms with E-state index in [1.807, 2.05) is 0 Å². The zero-order chi connectivity index (χ0) is 15.8. The van der Waals surface area contributed by atoms with Crippen molar-refractivity contribution >= 4 is 29.2 Å². The average Bonchev–Trinajstić information content (AvgIpc) is 2.40. The molecule has 0 aliphatic rings. The number of anilines is 1. The highest BCUT2D eigenvalue weighted by Crippen LogP contribution is 2.33. The summed E-state index contributed by atoms with van der Waals surface area (Å²) >= 11 is 5.96. The maximum absolute atomic E-state index is 12.0. The first-order valence-corrected chi connectivity index (χ1v) is 6.89. The van der Waals surface area contributed by atoms with Crippen LogP contribution >= 0.6 is 11.6 Å². The quantitative estimate of drug-likeness (QED) is 0.595. The number of aliphatic hydroxyl groups excluding tert-OH is 1. The Morgan fingerprint density at radius 3 is 2.67 bits per heavy atom. The van der Waals surface area contributed by atoms with Gasteiger partial charge in [0.25, 0.3) is 0 Å². The van der Waals surface area contributed by atoms with Gasteiger partial charge in [0.05, 0.1) is 18.9 Å². The highest BCUT2D eigenvalue weighted by atomic mass is 35.5. The fourth-order valence-electron chi connectivity index (χ4n) is 1.63. The second kappa shape index (κ2) is 8.49. The standard InChI is InChI=1S/C14H18ClNO5/c1-3-20-14(19)11-7-10(15)8-12(16-9(2)18)13(11)21-6-4-5-17/h7-8,17H,3-6H2,1-2H3,(H,16,18). The smallest absolute Gasteiger partial charge is 0.342 e. The molecule has 0 atom stereocenters. The van der Waals surface area contributed by atoms with E-state index in [2.05, 4.69) is 5.32 Å². The van der Waals surface area contributed by atoms with Crippen LogP contribution in [0.25, 0.3) is 0 Å². The molecule has 21 heavy (non-hydrogen) atoms. The van der Waals surface area contributed by atoms with Crippen LogP contribution in [0.4, 0.5) is 5.69 Å². The van der Waals surface area contributed by atoms with Gasteiger partial charge in [0.2, 0.25) is 5.91 Å². The van der Waals surface area contributed by atoms with Crippen molar-refractivity contribution in [3.05, 3.63) is 22.7 Å². The molecule has 0 radical (unpaired) electrons. The van der Waals surface area contributed by atoms with Gasteiger partial charge in [-0.2, -0.15) is 0 Å². The number of carbonyl (C=O) groups is 2. The van der Waals surface area contributed by atoms with Crippen molar-refractivity contribution in [3.8, 4) is 5.75 Å². The van der Waals surface area contributed by atoms with E-state index in [1.54, 1.807) is 6.92 Å². The Hall–Kier alpha value is -1.79. The Morgan fingerprint density at radius 1 is 1.38 bits per heavy atom. The molecule has 0 aromatic heterocycles. The second-order valence-corrected chi connectivity index (χ2v) is 4.59. The molecule has 0 heterocycles. The summed E-state index contributed by atoms with van der Waals surface area (Å²) in [4.78, 5) is 23.2. The molecule has 2 N–H and O–H groups in total. The number of halogens is 1. The molecule has 1 rings (SSSR count). The van der Waals surface area contributed by atoms with Gasteiger partial charge in [-0.3, -0.25) is 4.79 Å². The van der Waals surface area contributed by atoms with Gasteiger partial charge in [0, 0.05) is 25.0 Å². The summed E-state index contributed by atoms with van der Waals surface area (Å²) in [5.74, 6) is -0.730. The van der Waals surface area contributed by atoms with E-state index in [0.717, 1.165) is 0 Å². The zero-order valence-corrected chi connectivity index (χ0v) is 12.7. The van der Waals surface area contributed by atoms with Gasteiger partial charge in [-0.05, 0) is 19.1 Å². The van der Waals surface area contributed by atoms with E-state index in [9.17, 15) is 9.59 Å². The van der Waals surface area contributed by atoms with Crippen molar-refractivity contribution in [2.75, 3.05) is 25.1 Å². The van der Waals surface area contributed by atoms with Crippen molar-refractivity contribution in [2.45, 2.75) is 20.3 Å². The molecule has 0 saturated heterocycles. The summed E-state index contributed by atoms with van der Waals surface area (Å²) in [6.07, 6.45) is 0.393. The number of rotatable bonds is 7. The van der Waals surface area contributed by atoms with Gasteiger partial charge in [-0.1, -0.05) is 11.6 Å². The van der Waals surface area contributed by atoms with Crippen LogP contribution in [-0.4, -0.2) is 36.8 Å². The van der Waals surface area contributed by atoms with Crippen molar-refractivity contribution in [2.24, 2.45) is 0 Å². The first-order chi connectivity index (χ1) is 9.99. The number of carbonyl (C=O) groups excluding carboxylic acids is 2. The van der Waals surface area contributed by atoms with Gasteiger partial charge in [-0.25, -0.2) is 4.79 Å². The maximum atomic E-state index is 12.0. The third-order valence-electron chi connectivity index (χ3n) is 2.41. The molecular formula is C14H18ClNO5. The molecule has 0 fully saturated rings. The Balaban J connectivity index is 3.20. The number of ether oxygens (including phenoxy) is 2. The number of aliphatic hydroxyl groups is 1. The first-order valence-electron chi connectivity index (χ1n) is 6.51. The zero-order valence-electron chi connectivity index (χ0n) is 11.9. The first kappa shape index (κ1) is 17.3. The lowest BCUT2D eigenvalue weighted by atomic mass is 10.1. The van der Waals surface area contributed by atoms with Crippen LogP contribution in [0.3, 0.4) is 0 Å². The van der Waals surface area contributed by atoms with Crippen LogP contribution in [0.2, 0.25) is 5.02 Å². The van der Waals surface area contributed by atoms with Gasteiger partial charge < -0.3 is 19.9 Å². The van der Waals surface area contributed by atoms with Crippen LogP contribution in [0.5, 0.6) is 5.75 Å². The summed E-state index contributed by atoms with van der Waals surface area (Å²) in [7, 11) is 0. The van der Waals surface area contributed by atoms with Crippen molar-refractivity contribution in [1.29, 1.82) is 0 Å². The van der Waals surface area contributed by atoms with Crippen LogP contribution < -0.4 is 10.1 Å². The van der Waals surface area contributed by atoms with E-state index in [0.29, 0.717) is 6.42 Å². The highest BCUT2D eigenvalue weighted by Gasteiger charge is 2.20. The fourth-order valence-corrected chi connectivity index (χ4v) is 1.85. The normalized spacial score (nSPS) is 10.1. The van der Waals surface area contributed by atoms with Gasteiger partial charge in [0.15, 0.2) is 5.75 Å². The Bertz CT molecular complexity index is 518. The number of hydrogen-bond donors (Lipinski definition) is 2. The molecule has 0 saturated carbocycles. The number of amides is 1. The van der Waals surface area contributed by atoms with Crippen LogP contribution in [0, 0.1) is 0 Å². The molecule has 1 aromatic rings. The Morgan fingerprint density at radius 2 is 2.10 bits per heavy atom. The van der Waals surface area contributed by atoms with E-state index in [4.69, 9.17) is 26.2 Å². The van der Waals surface area contributed by atoms with Crippen LogP contribution in [0.1, 0.15) is 30.6 Å². The van der Waals surface area contributed by atoms with Crippen molar-refractivity contribution in [1.82, 2.24) is 0 Å². The summed E-state index contributed by atoms with van der Waals surface area (Å²) in [5, 5.41) is 11.6. The average molecular weight is 316 g/mol. The third-order valence-corrected chi connectivity index (χ3v) is 2.63. The highest BCUT2D eigenvalue weighted by molar-refractivity contribution is 6.31. The van der Waals surface area contributed by atoms with E-state index >= 15 is 0 Å². The van der Waals surface area contributed by atoms with Gasteiger partial charge >= 0.3 is 5.97 Å². The van der Waals surface area contributed by atoms with Crippen molar-refractivity contribution < 1.29 is 24.2 Å². The molecular weight excluding hydrogens is 298 g/mol. The van der Waals surface area contributed by atoms with Crippen LogP contribution in [-0.2, 0) is 9.53 Å². The summed E-state index contributed by atoms with van der Waals surface area (Å²) in [6, 6.07) is 2.90. The fraction of sp³-hybridized carbons (Fsp3) is 0.429. The van der Waals surface area contributed by atoms with E-state index < -0.39 is 5.97 Å². The number of nitrogens with one attached hydrogen (secondary N) is 1. The minimum absolute atomic E-state index is 0.0438. The molecule has 0 unspecified atom stereocenters. The maximum Gasteiger partial charge on any atom is 0.342 e. The lowest BCUT2D eigenvalue weighted by Crippen LogP contribution is -2.13. The molecule has 0 aliphatic heterocycles. The van der Waals surface area contributed by atoms with Crippen molar-refractivity contribution in [3.63, 3.8) is 0 Å². The van der Waals surface area contributed by atoms with E-state index in [-0.39, 0.29) is 47.8 Å². The SMILES string of the molecule is CCOC(=O)c1cc(Cl)cc(NC(C)=O)c1OCCCO. The minimum atomic E-state index is -0.592. The third kappa shape index (κ3) is 5.24. The molecule has 0 aliphatic carbocycles. The summed E-state index contributed by atoms with van der Waals surface area (Å²) in [6.45, 7) is 3.37. The van der Waals surface area contributed by atoms with Gasteiger partial charge in [-0.15, -0.1) is 0 Å². The molecule has 1 aromatic carbocycles. The number of benzene rings is 1. The largest absolute Gasteiger partial charge is 0.490 e. The molecule has 6 nitrogen and oxygen atoms in total. The van der Waals surface area contributed by atoms with Gasteiger partial charge in [0.1, 0.15) is 5.56 Å². The molecule has 7 heteroatoms. The molecule has 1 amide bonds. The monoisotopic (exact) mass is 315 g/mol. The number of esters is 1. The number of hydrogen-bond acceptors (Lipinski definition) is 5. The van der Waals surface area contributed by atoms with E-state index in [1.165, 1.54) is 19.1 Å². The summed E-state index contributed by atoms with van der Waals surface area (Å²) < 4.78 is 10.4. The Kier molecular flexibility index (Phi) is 6.98. The van der Waals surface area contributed by atoms with Crippen LogP contribution in [0.15, 0.2) is 12.1 Å². The second-order valence-electron chi connectivity index (χ2n) is 4.16. The lowest BCUT2D eigenvalue weighted by molar-refractivity contribution is -0.114. The lowest BCUT2D eigenvalue weighted by Gasteiger charge is -2.16. The molecule has 0 bridgehead atoms. The molecule has 0 spiro atoms. The predicted molar refractivity (Wildman–Crippen MR) is 78.9 cm³/mol. The summed E-state index contributed by atoms with van der Waals surface area (Å²) in [5.41, 5.74) is 0.419.